The smallest absolute Gasteiger partial charge is 0.240 e. The van der Waals surface area contributed by atoms with E-state index >= 15 is 0 Å². The van der Waals surface area contributed by atoms with Crippen LogP contribution in [0.4, 0.5) is 0 Å². The molecule has 0 spiro atoms. The van der Waals surface area contributed by atoms with Crippen LogP contribution in [0.5, 0.6) is 0 Å². The van der Waals surface area contributed by atoms with Crippen LogP contribution in [0.15, 0.2) is 4.52 Å². The molecule has 0 bridgehead atoms. The van der Waals surface area contributed by atoms with Gasteiger partial charge in [0, 0.05) is 18.6 Å². The molecule has 0 saturated heterocycles. The summed E-state index contributed by atoms with van der Waals surface area (Å²) >= 11 is 0. The van der Waals surface area contributed by atoms with Gasteiger partial charge in [0.05, 0.1) is 6.54 Å². The second kappa shape index (κ2) is 6.68. The summed E-state index contributed by atoms with van der Waals surface area (Å²) in [6, 6.07) is 0.385. The fourth-order valence-electron chi connectivity index (χ4n) is 3.60. The first-order valence-electron chi connectivity index (χ1n) is 8.03. The van der Waals surface area contributed by atoms with E-state index in [9.17, 15) is 5.11 Å². The molecule has 0 aromatic carbocycles. The molecule has 2 atom stereocenters. The van der Waals surface area contributed by atoms with E-state index in [1.165, 1.54) is 38.5 Å². The Morgan fingerprint density at radius 1 is 1.10 bits per heavy atom. The molecule has 2 aliphatic carbocycles. The third kappa shape index (κ3) is 3.20. The molecule has 5 heteroatoms. The number of nitrogens with one attached hydrogen (secondary N) is 1. The Morgan fingerprint density at radius 3 is 2.65 bits per heavy atom. The molecule has 2 aliphatic rings. The molecule has 2 N–H and O–H groups in total. The van der Waals surface area contributed by atoms with Gasteiger partial charge in [-0.25, -0.2) is 0 Å². The fourth-order valence-corrected chi connectivity index (χ4v) is 3.60. The average Bonchev–Trinajstić information content (AvgIpc) is 3.16. The van der Waals surface area contributed by atoms with Crippen LogP contribution < -0.4 is 5.32 Å². The average molecular weight is 279 g/mol. The molecule has 2 saturated carbocycles. The van der Waals surface area contributed by atoms with Crippen molar-refractivity contribution >= 4 is 0 Å². The van der Waals surface area contributed by atoms with Crippen LogP contribution in [-0.2, 0) is 6.54 Å². The largest absolute Gasteiger partial charge is 0.396 e. The lowest BCUT2D eigenvalue weighted by atomic mass is 9.85. The van der Waals surface area contributed by atoms with Gasteiger partial charge in [0.2, 0.25) is 5.89 Å². The first kappa shape index (κ1) is 14.0. The van der Waals surface area contributed by atoms with Crippen molar-refractivity contribution in [2.24, 2.45) is 5.92 Å². The highest BCUT2D eigenvalue weighted by Gasteiger charge is 2.25. The quantitative estimate of drug-likeness (QED) is 0.866. The molecule has 1 aromatic rings. The number of hydrogen-bond donors (Lipinski definition) is 2. The minimum Gasteiger partial charge on any atom is -0.396 e. The van der Waals surface area contributed by atoms with Crippen LogP contribution in [-0.4, -0.2) is 27.9 Å². The molecular formula is C15H25N3O2. The first-order chi connectivity index (χ1) is 9.86. The molecular weight excluding hydrogens is 254 g/mol. The van der Waals surface area contributed by atoms with E-state index in [4.69, 9.17) is 4.52 Å². The van der Waals surface area contributed by atoms with E-state index in [1.807, 2.05) is 0 Å². The maximum absolute atomic E-state index is 9.41. The molecule has 0 aliphatic heterocycles. The minimum atomic E-state index is 0.273. The number of rotatable bonds is 5. The van der Waals surface area contributed by atoms with E-state index < -0.39 is 0 Å². The Morgan fingerprint density at radius 2 is 1.85 bits per heavy atom. The highest BCUT2D eigenvalue weighted by molar-refractivity contribution is 4.98. The molecule has 112 valence electrons. The lowest BCUT2D eigenvalue weighted by molar-refractivity contribution is 0.150. The van der Waals surface area contributed by atoms with Gasteiger partial charge in [-0.1, -0.05) is 30.8 Å². The van der Waals surface area contributed by atoms with Gasteiger partial charge in [0.25, 0.3) is 0 Å². The summed E-state index contributed by atoms with van der Waals surface area (Å²) in [5.41, 5.74) is 0. The molecule has 0 amide bonds. The molecule has 3 rings (SSSR count). The second-order valence-electron chi connectivity index (χ2n) is 6.24. The van der Waals surface area contributed by atoms with Crippen LogP contribution in [0, 0.1) is 5.92 Å². The summed E-state index contributed by atoms with van der Waals surface area (Å²) in [5, 5.41) is 17.0. The van der Waals surface area contributed by atoms with Gasteiger partial charge in [-0.2, -0.15) is 4.98 Å². The van der Waals surface area contributed by atoms with Crippen molar-refractivity contribution in [1.29, 1.82) is 0 Å². The van der Waals surface area contributed by atoms with Crippen LogP contribution >= 0.6 is 0 Å². The summed E-state index contributed by atoms with van der Waals surface area (Å²) in [6.45, 7) is 0.899. The molecule has 5 nitrogen and oxygen atoms in total. The first-order valence-corrected chi connectivity index (χ1v) is 8.03. The van der Waals surface area contributed by atoms with E-state index in [0.717, 1.165) is 18.7 Å². The highest BCUT2D eigenvalue weighted by Crippen LogP contribution is 2.32. The van der Waals surface area contributed by atoms with Gasteiger partial charge < -0.3 is 14.9 Å². The van der Waals surface area contributed by atoms with E-state index in [2.05, 4.69) is 15.5 Å². The van der Waals surface area contributed by atoms with Crippen molar-refractivity contribution in [3.8, 4) is 0 Å². The fraction of sp³-hybridized carbons (Fsp3) is 0.867. The number of hydrogen-bond acceptors (Lipinski definition) is 5. The van der Waals surface area contributed by atoms with Gasteiger partial charge in [0.1, 0.15) is 0 Å². The molecule has 20 heavy (non-hydrogen) atoms. The Bertz CT molecular complexity index is 415. The van der Waals surface area contributed by atoms with Gasteiger partial charge in [-0.3, -0.25) is 0 Å². The number of aliphatic hydroxyl groups is 1. The Labute approximate surface area is 120 Å². The molecule has 0 unspecified atom stereocenters. The van der Waals surface area contributed by atoms with E-state index in [-0.39, 0.29) is 6.61 Å². The van der Waals surface area contributed by atoms with Crippen LogP contribution in [0.1, 0.15) is 69.0 Å². The van der Waals surface area contributed by atoms with Gasteiger partial charge in [-0.05, 0) is 31.6 Å². The Hall–Kier alpha value is -0.940. The van der Waals surface area contributed by atoms with Crippen molar-refractivity contribution in [3.63, 3.8) is 0 Å². The maximum atomic E-state index is 9.41. The zero-order valence-corrected chi connectivity index (χ0v) is 12.1. The molecule has 2 fully saturated rings. The normalized spacial score (nSPS) is 28.1. The molecule has 0 radical (unpaired) electrons. The standard InChI is InChI=1S/C15H25N3O2/c19-10-12-7-3-4-8-13(12)16-9-14-17-15(18-20-14)11-5-1-2-6-11/h11-13,16,19H,1-10H2/t12-,13+/m1/s1. The SMILES string of the molecule is OC[C@H]1CCCC[C@@H]1NCc1nc(C2CCCC2)no1. The molecule has 1 aromatic heterocycles. The monoisotopic (exact) mass is 279 g/mol. The van der Waals surface area contributed by atoms with Crippen LogP contribution in [0.3, 0.4) is 0 Å². The maximum Gasteiger partial charge on any atom is 0.240 e. The lowest BCUT2D eigenvalue weighted by Crippen LogP contribution is -2.39. The Balaban J connectivity index is 1.52. The van der Waals surface area contributed by atoms with Crippen molar-refractivity contribution in [2.75, 3.05) is 6.61 Å². The van der Waals surface area contributed by atoms with Crippen molar-refractivity contribution in [3.05, 3.63) is 11.7 Å². The topological polar surface area (TPSA) is 71.2 Å². The van der Waals surface area contributed by atoms with Gasteiger partial charge in [-0.15, -0.1) is 0 Å². The summed E-state index contributed by atoms with van der Waals surface area (Å²) in [6.07, 6.45) is 9.69. The zero-order chi connectivity index (χ0) is 13.8. The third-order valence-electron chi connectivity index (χ3n) is 4.86. The second-order valence-corrected chi connectivity index (χ2v) is 6.24. The van der Waals surface area contributed by atoms with Crippen LogP contribution in [0.25, 0.3) is 0 Å². The van der Waals surface area contributed by atoms with Gasteiger partial charge >= 0.3 is 0 Å². The van der Waals surface area contributed by atoms with Gasteiger partial charge in [0.15, 0.2) is 5.82 Å². The van der Waals surface area contributed by atoms with Crippen molar-refractivity contribution in [2.45, 2.75) is 69.9 Å². The predicted molar refractivity (Wildman–Crippen MR) is 75.2 cm³/mol. The number of aromatic nitrogens is 2. The zero-order valence-electron chi connectivity index (χ0n) is 12.1. The summed E-state index contributed by atoms with van der Waals surface area (Å²) in [5.74, 6) is 2.46. The third-order valence-corrected chi connectivity index (χ3v) is 4.86. The van der Waals surface area contributed by atoms with E-state index in [1.54, 1.807) is 0 Å². The summed E-state index contributed by atoms with van der Waals surface area (Å²) in [7, 11) is 0. The van der Waals surface area contributed by atoms with Crippen LogP contribution in [0.2, 0.25) is 0 Å². The lowest BCUT2D eigenvalue weighted by Gasteiger charge is -2.30. The molecule has 1 heterocycles. The number of nitrogens with zero attached hydrogens (tertiary/aromatic N) is 2. The predicted octanol–water partition coefficient (Wildman–Crippen LogP) is 2.37. The highest BCUT2D eigenvalue weighted by atomic mass is 16.5. The van der Waals surface area contributed by atoms with E-state index in [0.29, 0.717) is 30.3 Å². The number of aliphatic hydroxyl groups excluding tert-OH is 1. The van der Waals surface area contributed by atoms with Crippen molar-refractivity contribution < 1.29 is 9.63 Å². The van der Waals surface area contributed by atoms with Crippen molar-refractivity contribution in [1.82, 2.24) is 15.5 Å². The summed E-state index contributed by atoms with van der Waals surface area (Å²) in [4.78, 5) is 4.52. The Kier molecular flexibility index (Phi) is 4.68. The summed E-state index contributed by atoms with van der Waals surface area (Å²) < 4.78 is 5.35. The minimum absolute atomic E-state index is 0.273.